The molecule has 1 atom stereocenters. The molecule has 1 saturated heterocycles. The molecule has 2 heterocycles. The third kappa shape index (κ3) is 3.38. The predicted molar refractivity (Wildman–Crippen MR) is 67.0 cm³/mol. The van der Waals surface area contributed by atoms with Gasteiger partial charge in [0.2, 0.25) is 5.95 Å². The van der Waals surface area contributed by atoms with Gasteiger partial charge < -0.3 is 10.0 Å². The number of hydrogen-bond acceptors (Lipinski definition) is 5. The molecule has 1 fully saturated rings. The number of aliphatic hydroxyl groups excluding tert-OH is 1. The molecule has 0 aromatic carbocycles. The first-order chi connectivity index (χ1) is 8.29. The number of piperazine rings is 1. The fraction of sp³-hybridized carbons (Fsp3) is 0.667. The predicted octanol–water partition coefficient (Wildman–Crippen LogP) is 0.369. The molecule has 1 aromatic rings. The number of aliphatic hydroxyl groups is 1. The molecule has 0 amide bonds. The monoisotopic (exact) mass is 236 g/mol. The van der Waals surface area contributed by atoms with Crippen molar-refractivity contribution in [3.8, 4) is 0 Å². The number of rotatable bonds is 4. The van der Waals surface area contributed by atoms with Crippen molar-refractivity contribution in [1.82, 2.24) is 14.9 Å². The van der Waals surface area contributed by atoms with Crippen molar-refractivity contribution in [2.45, 2.75) is 19.4 Å². The van der Waals surface area contributed by atoms with Crippen LogP contribution in [0.15, 0.2) is 18.5 Å². The number of aromatic nitrogens is 2. The summed E-state index contributed by atoms with van der Waals surface area (Å²) in [7, 11) is 0. The second-order valence-corrected chi connectivity index (χ2v) is 4.40. The van der Waals surface area contributed by atoms with Crippen LogP contribution in [-0.2, 0) is 0 Å². The number of hydrogen-bond donors (Lipinski definition) is 1. The fourth-order valence-electron chi connectivity index (χ4n) is 2.01. The van der Waals surface area contributed by atoms with Gasteiger partial charge in [0.1, 0.15) is 0 Å². The molecule has 2 rings (SSSR count). The average molecular weight is 236 g/mol. The number of nitrogens with zero attached hydrogens (tertiary/aromatic N) is 4. The van der Waals surface area contributed by atoms with Gasteiger partial charge in [-0.1, -0.05) is 6.92 Å². The SMILES string of the molecule is CCC(O)CN1CCN(c2ncccn2)CC1. The van der Waals surface area contributed by atoms with E-state index in [1.807, 2.05) is 13.0 Å². The summed E-state index contributed by atoms with van der Waals surface area (Å²) in [6.07, 6.45) is 4.17. The number of β-amino-alcohol motifs (C(OH)–C–C–N with tert-alkyl or cyclic N) is 1. The largest absolute Gasteiger partial charge is 0.392 e. The van der Waals surface area contributed by atoms with Crippen molar-refractivity contribution in [2.24, 2.45) is 0 Å². The molecule has 0 radical (unpaired) electrons. The van der Waals surface area contributed by atoms with E-state index < -0.39 is 0 Å². The Morgan fingerprint density at radius 1 is 1.24 bits per heavy atom. The first-order valence-corrected chi connectivity index (χ1v) is 6.22. The van der Waals surface area contributed by atoms with Crippen LogP contribution < -0.4 is 4.90 Å². The zero-order chi connectivity index (χ0) is 12.1. The van der Waals surface area contributed by atoms with Crippen LogP contribution in [0.2, 0.25) is 0 Å². The maximum absolute atomic E-state index is 9.61. The van der Waals surface area contributed by atoms with Crippen molar-refractivity contribution in [1.29, 1.82) is 0 Å². The third-order valence-corrected chi connectivity index (χ3v) is 3.15. The highest BCUT2D eigenvalue weighted by atomic mass is 16.3. The summed E-state index contributed by atoms with van der Waals surface area (Å²) in [5.41, 5.74) is 0. The van der Waals surface area contributed by atoms with Crippen LogP contribution in [0.5, 0.6) is 0 Å². The Morgan fingerprint density at radius 3 is 2.47 bits per heavy atom. The van der Waals surface area contributed by atoms with Crippen LogP contribution in [-0.4, -0.2) is 58.8 Å². The van der Waals surface area contributed by atoms with Crippen LogP contribution in [0.4, 0.5) is 5.95 Å². The Bertz CT molecular complexity index is 325. The van der Waals surface area contributed by atoms with Crippen molar-refractivity contribution in [3.63, 3.8) is 0 Å². The summed E-state index contributed by atoms with van der Waals surface area (Å²) in [5.74, 6) is 0.809. The van der Waals surface area contributed by atoms with Gasteiger partial charge in [-0.05, 0) is 12.5 Å². The van der Waals surface area contributed by atoms with Crippen LogP contribution in [0.25, 0.3) is 0 Å². The smallest absolute Gasteiger partial charge is 0.225 e. The lowest BCUT2D eigenvalue weighted by molar-refractivity contribution is 0.106. The molecule has 94 valence electrons. The van der Waals surface area contributed by atoms with Crippen LogP contribution in [0, 0.1) is 0 Å². The van der Waals surface area contributed by atoms with Gasteiger partial charge in [-0.25, -0.2) is 9.97 Å². The quantitative estimate of drug-likeness (QED) is 0.818. The van der Waals surface area contributed by atoms with Crippen LogP contribution in [0.3, 0.4) is 0 Å². The van der Waals surface area contributed by atoms with E-state index in [4.69, 9.17) is 0 Å². The maximum Gasteiger partial charge on any atom is 0.225 e. The molecular weight excluding hydrogens is 216 g/mol. The molecular formula is C12H20N4O. The maximum atomic E-state index is 9.61. The molecule has 1 aliphatic heterocycles. The van der Waals surface area contributed by atoms with Gasteiger partial charge in [0.15, 0.2) is 0 Å². The Hall–Kier alpha value is -1.20. The van der Waals surface area contributed by atoms with Crippen molar-refractivity contribution in [3.05, 3.63) is 18.5 Å². The lowest BCUT2D eigenvalue weighted by atomic mass is 10.2. The van der Waals surface area contributed by atoms with E-state index in [9.17, 15) is 5.11 Å². The zero-order valence-electron chi connectivity index (χ0n) is 10.3. The molecule has 0 spiro atoms. The summed E-state index contributed by atoms with van der Waals surface area (Å²) >= 11 is 0. The summed E-state index contributed by atoms with van der Waals surface area (Å²) in [5, 5.41) is 9.61. The molecule has 1 aliphatic rings. The molecule has 0 aliphatic carbocycles. The summed E-state index contributed by atoms with van der Waals surface area (Å²) in [6, 6.07) is 1.83. The highest BCUT2D eigenvalue weighted by Gasteiger charge is 2.19. The van der Waals surface area contributed by atoms with Gasteiger partial charge >= 0.3 is 0 Å². The molecule has 1 aromatic heterocycles. The van der Waals surface area contributed by atoms with Gasteiger partial charge in [0, 0.05) is 45.1 Å². The van der Waals surface area contributed by atoms with E-state index in [0.29, 0.717) is 0 Å². The molecule has 1 N–H and O–H groups in total. The normalized spacial score (nSPS) is 19.3. The molecule has 5 nitrogen and oxygen atoms in total. The van der Waals surface area contributed by atoms with Gasteiger partial charge in [0.05, 0.1) is 6.10 Å². The minimum atomic E-state index is -0.200. The Balaban J connectivity index is 1.82. The lowest BCUT2D eigenvalue weighted by Gasteiger charge is -2.35. The average Bonchev–Trinajstić information content (AvgIpc) is 2.40. The van der Waals surface area contributed by atoms with Crippen LogP contribution >= 0.6 is 0 Å². The van der Waals surface area contributed by atoms with E-state index in [0.717, 1.165) is 45.1 Å². The Morgan fingerprint density at radius 2 is 1.88 bits per heavy atom. The van der Waals surface area contributed by atoms with Crippen LogP contribution in [0.1, 0.15) is 13.3 Å². The van der Waals surface area contributed by atoms with Gasteiger partial charge in [-0.2, -0.15) is 0 Å². The van der Waals surface area contributed by atoms with E-state index in [-0.39, 0.29) is 6.10 Å². The van der Waals surface area contributed by atoms with Gasteiger partial charge in [0.25, 0.3) is 0 Å². The Kier molecular flexibility index (Phi) is 4.28. The van der Waals surface area contributed by atoms with Crippen molar-refractivity contribution < 1.29 is 5.11 Å². The lowest BCUT2D eigenvalue weighted by Crippen LogP contribution is -2.49. The highest BCUT2D eigenvalue weighted by Crippen LogP contribution is 2.10. The standard InChI is InChI=1S/C12H20N4O/c1-2-11(17)10-15-6-8-16(9-7-15)12-13-4-3-5-14-12/h3-5,11,17H,2,6-10H2,1H3. The van der Waals surface area contributed by atoms with E-state index in [1.165, 1.54) is 0 Å². The van der Waals surface area contributed by atoms with Gasteiger partial charge in [-0.15, -0.1) is 0 Å². The molecule has 17 heavy (non-hydrogen) atoms. The fourth-order valence-corrected chi connectivity index (χ4v) is 2.01. The summed E-state index contributed by atoms with van der Waals surface area (Å²) in [4.78, 5) is 13.0. The second-order valence-electron chi connectivity index (χ2n) is 4.40. The minimum Gasteiger partial charge on any atom is -0.392 e. The van der Waals surface area contributed by atoms with Crippen molar-refractivity contribution in [2.75, 3.05) is 37.6 Å². The second kappa shape index (κ2) is 5.93. The minimum absolute atomic E-state index is 0.200. The first-order valence-electron chi connectivity index (χ1n) is 6.22. The molecule has 1 unspecified atom stereocenters. The summed E-state index contributed by atoms with van der Waals surface area (Å²) < 4.78 is 0. The topological polar surface area (TPSA) is 52.5 Å². The molecule has 5 heteroatoms. The first kappa shape index (κ1) is 12.3. The number of anilines is 1. The zero-order valence-corrected chi connectivity index (χ0v) is 10.3. The summed E-state index contributed by atoms with van der Waals surface area (Å²) in [6.45, 7) is 6.59. The highest BCUT2D eigenvalue weighted by molar-refractivity contribution is 5.29. The van der Waals surface area contributed by atoms with Gasteiger partial charge in [-0.3, -0.25) is 4.90 Å². The Labute approximate surface area is 102 Å². The third-order valence-electron chi connectivity index (χ3n) is 3.15. The van der Waals surface area contributed by atoms with E-state index in [2.05, 4.69) is 19.8 Å². The van der Waals surface area contributed by atoms with Crippen molar-refractivity contribution >= 4 is 5.95 Å². The molecule has 0 saturated carbocycles. The van der Waals surface area contributed by atoms with E-state index in [1.54, 1.807) is 12.4 Å². The van der Waals surface area contributed by atoms with E-state index >= 15 is 0 Å². The molecule has 0 bridgehead atoms.